The van der Waals surface area contributed by atoms with Gasteiger partial charge < -0.3 is 9.30 Å². The van der Waals surface area contributed by atoms with Gasteiger partial charge in [-0.3, -0.25) is 0 Å². The Hall–Kier alpha value is -4.30. The first-order valence-electron chi connectivity index (χ1n) is 11.8. The third-order valence-corrected chi connectivity index (χ3v) is 6.92. The van der Waals surface area contributed by atoms with E-state index < -0.39 is 0 Å². The van der Waals surface area contributed by atoms with Crippen LogP contribution in [0.4, 0.5) is 0 Å². The minimum Gasteiger partial charge on any atom is -0.484 e. The van der Waals surface area contributed by atoms with Crippen LogP contribution >= 0.6 is 0 Å². The summed E-state index contributed by atoms with van der Waals surface area (Å²) >= 11 is 0. The third kappa shape index (κ3) is 2.96. The third-order valence-electron chi connectivity index (χ3n) is 6.92. The molecule has 5 aromatic carbocycles. The van der Waals surface area contributed by atoms with Crippen molar-refractivity contribution in [1.29, 1.82) is 0 Å². The Bertz CT molecular complexity index is 1650. The predicted molar refractivity (Wildman–Crippen MR) is 140 cm³/mol. The zero-order valence-electron chi connectivity index (χ0n) is 18.7. The number of hydrogen-bond donors (Lipinski definition) is 0. The SMILES string of the molecule is c1ccc(-c2cccc(-n3c4ccccc4c4c5c(ccc43)CC(c3ccccc3)O5)c2)cc1. The molecule has 0 radical (unpaired) electrons. The van der Waals surface area contributed by atoms with Crippen molar-refractivity contribution in [2.75, 3.05) is 0 Å². The van der Waals surface area contributed by atoms with E-state index in [9.17, 15) is 0 Å². The standard InChI is InChI=1S/C32H23NO/c1-3-10-22(11-4-1)24-14-9-15-26(20-24)33-28-17-8-7-16-27(28)31-29(33)19-18-25-21-30(34-32(25)31)23-12-5-2-6-13-23/h1-20,30H,21H2. The minimum absolute atomic E-state index is 0.0605. The summed E-state index contributed by atoms with van der Waals surface area (Å²) in [6.45, 7) is 0. The topological polar surface area (TPSA) is 14.2 Å². The van der Waals surface area contributed by atoms with Crippen LogP contribution in [0.5, 0.6) is 5.75 Å². The van der Waals surface area contributed by atoms with E-state index in [0.29, 0.717) is 0 Å². The van der Waals surface area contributed by atoms with Crippen molar-refractivity contribution in [3.05, 3.63) is 132 Å². The van der Waals surface area contributed by atoms with E-state index in [4.69, 9.17) is 4.74 Å². The van der Waals surface area contributed by atoms with Crippen molar-refractivity contribution in [2.24, 2.45) is 0 Å². The van der Waals surface area contributed by atoms with Crippen LogP contribution in [0.15, 0.2) is 121 Å². The lowest BCUT2D eigenvalue weighted by Crippen LogP contribution is -2.02. The van der Waals surface area contributed by atoms with E-state index in [-0.39, 0.29) is 6.10 Å². The summed E-state index contributed by atoms with van der Waals surface area (Å²) in [5, 5.41) is 2.44. The second-order valence-corrected chi connectivity index (χ2v) is 8.94. The lowest BCUT2D eigenvalue weighted by Gasteiger charge is -2.12. The largest absolute Gasteiger partial charge is 0.484 e. The highest BCUT2D eigenvalue weighted by molar-refractivity contribution is 6.13. The quantitative estimate of drug-likeness (QED) is 0.273. The van der Waals surface area contributed by atoms with Crippen LogP contribution in [0.2, 0.25) is 0 Å². The zero-order chi connectivity index (χ0) is 22.5. The van der Waals surface area contributed by atoms with Crippen LogP contribution in [0.25, 0.3) is 38.6 Å². The first-order chi connectivity index (χ1) is 16.9. The molecule has 0 amide bonds. The van der Waals surface area contributed by atoms with E-state index in [0.717, 1.165) is 17.9 Å². The molecule has 7 rings (SSSR count). The van der Waals surface area contributed by atoms with Gasteiger partial charge in [0.15, 0.2) is 0 Å². The summed E-state index contributed by atoms with van der Waals surface area (Å²) in [5.41, 5.74) is 8.48. The summed E-state index contributed by atoms with van der Waals surface area (Å²) in [6, 6.07) is 43.1. The molecule has 2 heterocycles. The molecule has 0 bridgehead atoms. The molecule has 6 aromatic rings. The monoisotopic (exact) mass is 437 g/mol. The normalized spacial score (nSPS) is 14.9. The molecule has 0 saturated heterocycles. The van der Waals surface area contributed by atoms with E-state index in [1.165, 1.54) is 44.1 Å². The van der Waals surface area contributed by atoms with E-state index in [2.05, 4.69) is 126 Å². The fraction of sp³-hybridized carbons (Fsp3) is 0.0625. The molecule has 0 aliphatic carbocycles. The number of ether oxygens (including phenoxy) is 1. The van der Waals surface area contributed by atoms with Crippen molar-refractivity contribution in [3.63, 3.8) is 0 Å². The van der Waals surface area contributed by atoms with Gasteiger partial charge >= 0.3 is 0 Å². The molecular weight excluding hydrogens is 414 g/mol. The maximum absolute atomic E-state index is 6.64. The molecule has 162 valence electrons. The highest BCUT2D eigenvalue weighted by Gasteiger charge is 2.28. The highest BCUT2D eigenvalue weighted by atomic mass is 16.5. The average Bonchev–Trinajstić information content (AvgIpc) is 3.49. The Morgan fingerprint density at radius 2 is 1.35 bits per heavy atom. The van der Waals surface area contributed by atoms with Gasteiger partial charge in [0.25, 0.3) is 0 Å². The van der Waals surface area contributed by atoms with Crippen molar-refractivity contribution in [2.45, 2.75) is 12.5 Å². The van der Waals surface area contributed by atoms with Gasteiger partial charge in [0, 0.05) is 17.5 Å². The Balaban J connectivity index is 1.44. The molecule has 0 N–H and O–H groups in total. The molecule has 2 nitrogen and oxygen atoms in total. The molecule has 1 unspecified atom stereocenters. The molecule has 1 aromatic heterocycles. The van der Waals surface area contributed by atoms with E-state index in [1.807, 2.05) is 0 Å². The molecule has 34 heavy (non-hydrogen) atoms. The Labute approximate surface area is 198 Å². The highest BCUT2D eigenvalue weighted by Crippen LogP contribution is 2.46. The van der Waals surface area contributed by atoms with Gasteiger partial charge in [-0.2, -0.15) is 0 Å². The van der Waals surface area contributed by atoms with Crippen LogP contribution in [0.3, 0.4) is 0 Å². The maximum Gasteiger partial charge on any atom is 0.133 e. The van der Waals surface area contributed by atoms with Crippen LogP contribution < -0.4 is 4.74 Å². The molecule has 2 heteroatoms. The van der Waals surface area contributed by atoms with E-state index >= 15 is 0 Å². The Morgan fingerprint density at radius 1 is 0.618 bits per heavy atom. The van der Waals surface area contributed by atoms with Gasteiger partial charge in [-0.05, 0) is 46.5 Å². The first-order valence-corrected chi connectivity index (χ1v) is 11.8. The molecule has 1 aliphatic rings. The van der Waals surface area contributed by atoms with Gasteiger partial charge in [0.2, 0.25) is 0 Å². The number of benzene rings is 5. The molecule has 1 atom stereocenters. The second-order valence-electron chi connectivity index (χ2n) is 8.94. The first kappa shape index (κ1) is 19.2. The number of nitrogens with zero attached hydrogens (tertiary/aromatic N) is 1. The molecule has 0 saturated carbocycles. The average molecular weight is 438 g/mol. The minimum atomic E-state index is 0.0605. The fourth-order valence-corrected chi connectivity index (χ4v) is 5.34. The Morgan fingerprint density at radius 3 is 2.21 bits per heavy atom. The second kappa shape index (κ2) is 7.64. The fourth-order valence-electron chi connectivity index (χ4n) is 5.34. The Kier molecular flexibility index (Phi) is 4.31. The van der Waals surface area contributed by atoms with Crippen molar-refractivity contribution >= 4 is 21.8 Å². The molecule has 0 spiro atoms. The summed E-state index contributed by atoms with van der Waals surface area (Å²) in [5.74, 6) is 1.03. The van der Waals surface area contributed by atoms with Crippen molar-refractivity contribution in [1.82, 2.24) is 4.57 Å². The van der Waals surface area contributed by atoms with Gasteiger partial charge in [-0.15, -0.1) is 0 Å². The smallest absolute Gasteiger partial charge is 0.133 e. The lowest BCUT2D eigenvalue weighted by molar-refractivity contribution is 0.241. The van der Waals surface area contributed by atoms with E-state index in [1.54, 1.807) is 0 Å². The number of aromatic nitrogens is 1. The summed E-state index contributed by atoms with van der Waals surface area (Å²) in [4.78, 5) is 0. The summed E-state index contributed by atoms with van der Waals surface area (Å²) in [6.07, 6.45) is 0.962. The van der Waals surface area contributed by atoms with Gasteiger partial charge in [0.1, 0.15) is 11.9 Å². The summed E-state index contributed by atoms with van der Waals surface area (Å²) < 4.78 is 9.01. The van der Waals surface area contributed by atoms with Crippen LogP contribution in [-0.4, -0.2) is 4.57 Å². The number of hydrogen-bond acceptors (Lipinski definition) is 1. The summed E-state index contributed by atoms with van der Waals surface area (Å²) in [7, 11) is 0. The molecular formula is C32H23NO. The number of para-hydroxylation sites is 1. The molecule has 0 fully saturated rings. The zero-order valence-corrected chi connectivity index (χ0v) is 18.7. The van der Waals surface area contributed by atoms with Crippen LogP contribution in [0.1, 0.15) is 17.2 Å². The van der Waals surface area contributed by atoms with Gasteiger partial charge in [0.05, 0.1) is 16.4 Å². The van der Waals surface area contributed by atoms with Gasteiger partial charge in [-0.25, -0.2) is 0 Å². The molecule has 1 aliphatic heterocycles. The lowest BCUT2D eigenvalue weighted by atomic mass is 10.0. The van der Waals surface area contributed by atoms with Crippen molar-refractivity contribution in [3.8, 4) is 22.6 Å². The van der Waals surface area contributed by atoms with Crippen molar-refractivity contribution < 1.29 is 4.74 Å². The number of fused-ring (bicyclic) bond motifs is 5. The predicted octanol–water partition coefficient (Wildman–Crippen LogP) is 8.13. The number of rotatable bonds is 3. The van der Waals surface area contributed by atoms with Crippen LogP contribution in [0, 0.1) is 0 Å². The maximum atomic E-state index is 6.64. The van der Waals surface area contributed by atoms with Gasteiger partial charge in [-0.1, -0.05) is 97.1 Å². The van der Waals surface area contributed by atoms with Crippen LogP contribution in [-0.2, 0) is 6.42 Å².